The van der Waals surface area contributed by atoms with E-state index in [-0.39, 0.29) is 22.0 Å². The molecule has 0 amide bonds. The zero-order chi connectivity index (χ0) is 19.6. The maximum atomic E-state index is 12.1. The molecule has 0 saturated carbocycles. The van der Waals surface area contributed by atoms with E-state index in [1.807, 2.05) is 0 Å². The number of aromatic hydroxyl groups is 1. The fraction of sp³-hybridized carbons (Fsp3) is 0. The van der Waals surface area contributed by atoms with Gasteiger partial charge >= 0.3 is 5.69 Å². The Balaban J connectivity index is 2.13. The number of H-pyrrole nitrogens is 1. The molecule has 10 heteroatoms. The first-order valence-corrected chi connectivity index (χ1v) is 7.88. The molecule has 3 aromatic rings. The van der Waals surface area contributed by atoms with Crippen LogP contribution in [0.4, 0.5) is 11.4 Å². The van der Waals surface area contributed by atoms with Gasteiger partial charge in [-0.05, 0) is 18.2 Å². The maximum Gasteiger partial charge on any atom is 0.335 e. The Labute approximate surface area is 156 Å². The van der Waals surface area contributed by atoms with E-state index in [9.17, 15) is 24.8 Å². The first-order valence-electron chi connectivity index (χ1n) is 7.50. The van der Waals surface area contributed by atoms with Crippen LogP contribution in [0.5, 0.6) is 5.88 Å². The van der Waals surface area contributed by atoms with Crippen molar-refractivity contribution in [1.82, 2.24) is 9.55 Å². The van der Waals surface area contributed by atoms with Crippen molar-refractivity contribution in [3.8, 4) is 11.6 Å². The Morgan fingerprint density at radius 3 is 2.56 bits per heavy atom. The van der Waals surface area contributed by atoms with Crippen LogP contribution >= 0.6 is 11.6 Å². The molecule has 1 heterocycles. The summed E-state index contributed by atoms with van der Waals surface area (Å²) in [6.45, 7) is 0. The van der Waals surface area contributed by atoms with Gasteiger partial charge in [0.05, 0.1) is 21.3 Å². The van der Waals surface area contributed by atoms with Crippen molar-refractivity contribution in [3.63, 3.8) is 0 Å². The minimum atomic E-state index is -0.866. The number of rotatable bonds is 4. The highest BCUT2D eigenvalue weighted by Gasteiger charge is 2.15. The van der Waals surface area contributed by atoms with E-state index >= 15 is 0 Å². The van der Waals surface area contributed by atoms with Gasteiger partial charge in [-0.1, -0.05) is 29.8 Å². The largest absolute Gasteiger partial charge is 0.493 e. The van der Waals surface area contributed by atoms with Crippen LogP contribution in [-0.2, 0) is 0 Å². The molecule has 0 saturated heterocycles. The number of nitrogens with zero attached hydrogens (tertiary/aromatic N) is 3. The second-order valence-corrected chi connectivity index (χ2v) is 5.73. The zero-order valence-electron chi connectivity index (χ0n) is 13.5. The fourth-order valence-corrected chi connectivity index (χ4v) is 2.49. The standard InChI is InChI=1S/C17H11ClN4O5/c18-13-7-6-11(22(26)27)8-14(13)19-9-12-15(23)20-17(25)21(16(12)24)10-4-2-1-3-5-10/h1-9,24H,(H,20,23,25). The first-order chi connectivity index (χ1) is 12.9. The van der Waals surface area contributed by atoms with Crippen LogP contribution in [-0.4, -0.2) is 25.8 Å². The molecule has 0 aliphatic carbocycles. The molecule has 0 aliphatic heterocycles. The summed E-state index contributed by atoms with van der Waals surface area (Å²) >= 11 is 5.96. The summed E-state index contributed by atoms with van der Waals surface area (Å²) in [6.07, 6.45) is 0.984. The number of halogens is 1. The highest BCUT2D eigenvalue weighted by molar-refractivity contribution is 6.33. The summed E-state index contributed by atoms with van der Waals surface area (Å²) in [4.78, 5) is 40.4. The predicted molar refractivity (Wildman–Crippen MR) is 99.7 cm³/mol. The van der Waals surface area contributed by atoms with Crippen molar-refractivity contribution in [3.05, 3.63) is 90.1 Å². The van der Waals surface area contributed by atoms with Crippen molar-refractivity contribution >= 4 is 29.2 Å². The number of aromatic amines is 1. The van der Waals surface area contributed by atoms with Crippen LogP contribution in [0.2, 0.25) is 5.02 Å². The van der Waals surface area contributed by atoms with Gasteiger partial charge in [-0.25, -0.2) is 9.36 Å². The topological polar surface area (TPSA) is 131 Å². The number of aromatic nitrogens is 2. The Bertz CT molecular complexity index is 1170. The molecule has 2 N–H and O–H groups in total. The molecule has 0 atom stereocenters. The predicted octanol–water partition coefficient (Wildman–Crippen LogP) is 2.54. The third-order valence-electron chi connectivity index (χ3n) is 3.61. The lowest BCUT2D eigenvalue weighted by atomic mass is 10.2. The minimum Gasteiger partial charge on any atom is -0.493 e. The van der Waals surface area contributed by atoms with Crippen molar-refractivity contribution < 1.29 is 10.0 Å². The van der Waals surface area contributed by atoms with Crippen LogP contribution in [0.25, 0.3) is 5.69 Å². The molecule has 0 unspecified atom stereocenters. The molecule has 3 rings (SSSR count). The molecule has 0 spiro atoms. The summed E-state index contributed by atoms with van der Waals surface area (Å²) < 4.78 is 0.901. The van der Waals surface area contributed by atoms with Gasteiger partial charge in [0, 0.05) is 18.3 Å². The normalized spacial score (nSPS) is 11.0. The third-order valence-corrected chi connectivity index (χ3v) is 3.93. The monoisotopic (exact) mass is 386 g/mol. The van der Waals surface area contributed by atoms with Crippen LogP contribution < -0.4 is 11.2 Å². The van der Waals surface area contributed by atoms with E-state index in [0.29, 0.717) is 5.69 Å². The smallest absolute Gasteiger partial charge is 0.335 e. The van der Waals surface area contributed by atoms with E-state index < -0.39 is 22.1 Å². The molecule has 2 aromatic carbocycles. The fourth-order valence-electron chi connectivity index (χ4n) is 2.32. The average Bonchev–Trinajstić information content (AvgIpc) is 2.63. The lowest BCUT2D eigenvalue weighted by Gasteiger charge is -2.09. The Hall–Kier alpha value is -3.72. The molecular formula is C17H11ClN4O5. The molecule has 0 radical (unpaired) electrons. The molecule has 1 aromatic heterocycles. The molecule has 27 heavy (non-hydrogen) atoms. The van der Waals surface area contributed by atoms with E-state index in [4.69, 9.17) is 11.6 Å². The number of nitro groups is 1. The van der Waals surface area contributed by atoms with Gasteiger partial charge in [-0.2, -0.15) is 0 Å². The van der Waals surface area contributed by atoms with Crippen molar-refractivity contribution in [1.29, 1.82) is 0 Å². The number of hydrogen-bond donors (Lipinski definition) is 2. The Morgan fingerprint density at radius 1 is 1.19 bits per heavy atom. The van der Waals surface area contributed by atoms with E-state index in [2.05, 4.69) is 9.98 Å². The van der Waals surface area contributed by atoms with Crippen LogP contribution in [0.3, 0.4) is 0 Å². The van der Waals surface area contributed by atoms with Gasteiger partial charge in [0.1, 0.15) is 5.56 Å². The van der Waals surface area contributed by atoms with Gasteiger partial charge in [0.15, 0.2) is 0 Å². The number of benzene rings is 2. The highest BCUT2D eigenvalue weighted by atomic mass is 35.5. The summed E-state index contributed by atoms with van der Waals surface area (Å²) in [5, 5.41) is 21.4. The number of para-hydroxylation sites is 1. The molecule has 136 valence electrons. The van der Waals surface area contributed by atoms with E-state index in [1.54, 1.807) is 30.3 Å². The number of aliphatic imine (C=N–C) groups is 1. The van der Waals surface area contributed by atoms with Gasteiger partial charge < -0.3 is 5.11 Å². The Kier molecular flexibility index (Phi) is 4.86. The number of nitrogens with one attached hydrogen (secondary N) is 1. The summed E-state index contributed by atoms with van der Waals surface area (Å²) in [5.41, 5.74) is -1.87. The number of nitro benzene ring substituents is 1. The molecule has 9 nitrogen and oxygen atoms in total. The minimum absolute atomic E-state index is 0.0297. The summed E-state index contributed by atoms with van der Waals surface area (Å²) in [5.74, 6) is -0.625. The molecule has 0 fully saturated rings. The van der Waals surface area contributed by atoms with Gasteiger partial charge in [-0.15, -0.1) is 0 Å². The van der Waals surface area contributed by atoms with E-state index in [0.717, 1.165) is 16.8 Å². The molecule has 0 bridgehead atoms. The molecule has 0 aliphatic rings. The van der Waals surface area contributed by atoms with Crippen LogP contribution in [0.1, 0.15) is 5.56 Å². The SMILES string of the molecule is O=c1[nH]c(=O)n(-c2ccccc2)c(O)c1C=Nc1cc([N+](=O)[O-])ccc1Cl. The summed E-state index contributed by atoms with van der Waals surface area (Å²) in [6, 6.07) is 11.8. The highest BCUT2D eigenvalue weighted by Crippen LogP contribution is 2.29. The van der Waals surface area contributed by atoms with Crippen molar-refractivity contribution in [2.24, 2.45) is 4.99 Å². The quantitative estimate of drug-likeness (QED) is 0.404. The first kappa shape index (κ1) is 18.1. The lowest BCUT2D eigenvalue weighted by Crippen LogP contribution is -2.31. The van der Waals surface area contributed by atoms with Gasteiger partial charge in [0.2, 0.25) is 5.88 Å². The van der Waals surface area contributed by atoms with Crippen LogP contribution in [0.15, 0.2) is 63.1 Å². The van der Waals surface area contributed by atoms with Gasteiger partial charge in [0.25, 0.3) is 11.2 Å². The molecular weight excluding hydrogens is 376 g/mol. The number of hydrogen-bond acceptors (Lipinski definition) is 6. The Morgan fingerprint density at radius 2 is 1.89 bits per heavy atom. The average molecular weight is 387 g/mol. The third kappa shape index (κ3) is 3.62. The lowest BCUT2D eigenvalue weighted by molar-refractivity contribution is -0.384. The zero-order valence-corrected chi connectivity index (χ0v) is 14.3. The maximum absolute atomic E-state index is 12.1. The second-order valence-electron chi connectivity index (χ2n) is 5.32. The van der Waals surface area contributed by atoms with Gasteiger partial charge in [-0.3, -0.25) is 24.9 Å². The number of non-ortho nitro benzene ring substituents is 1. The van der Waals surface area contributed by atoms with Crippen molar-refractivity contribution in [2.75, 3.05) is 0 Å². The van der Waals surface area contributed by atoms with E-state index in [1.165, 1.54) is 12.1 Å². The second kappa shape index (κ2) is 7.26. The van der Waals surface area contributed by atoms with Crippen LogP contribution in [0, 0.1) is 10.1 Å². The summed E-state index contributed by atoms with van der Waals surface area (Å²) in [7, 11) is 0. The van der Waals surface area contributed by atoms with Crippen molar-refractivity contribution in [2.45, 2.75) is 0 Å².